The summed E-state index contributed by atoms with van der Waals surface area (Å²) >= 11 is 0. The smallest absolute Gasteiger partial charge is 0.321 e. The first-order valence-corrected chi connectivity index (χ1v) is 17.3. The number of urea groups is 1. The van der Waals surface area contributed by atoms with Gasteiger partial charge in [0.1, 0.15) is 5.75 Å². The second-order valence-electron chi connectivity index (χ2n) is 12.2. The summed E-state index contributed by atoms with van der Waals surface area (Å²) in [5.74, 6) is -0.379. The predicted octanol–water partition coefficient (Wildman–Crippen LogP) is 4.18. The van der Waals surface area contributed by atoms with Crippen molar-refractivity contribution >= 4 is 33.3 Å². The average Bonchev–Trinajstić information content (AvgIpc) is 3.50. The van der Waals surface area contributed by atoms with E-state index in [1.807, 2.05) is 44.2 Å². The number of carbonyl (C=O) groups is 2. The number of aryl methyl sites for hydroxylation is 1. The normalized spacial score (nSPS) is 20.3. The summed E-state index contributed by atoms with van der Waals surface area (Å²) in [6.45, 7) is 6.22. The van der Waals surface area contributed by atoms with Crippen LogP contribution in [0.2, 0.25) is 0 Å². The number of nitrogens with one attached hydrogen (secondary N) is 2. The number of nitrogens with zero attached hydrogens (tertiary/aromatic N) is 4. The zero-order valence-corrected chi connectivity index (χ0v) is 28.4. The molecule has 0 saturated carbocycles. The van der Waals surface area contributed by atoms with Crippen LogP contribution >= 0.6 is 0 Å². The number of sulfonamides is 1. The minimum absolute atomic E-state index is 0.152. The van der Waals surface area contributed by atoms with Crippen LogP contribution in [-0.2, 0) is 21.8 Å². The maximum atomic E-state index is 14.3. The molecule has 1 aliphatic rings. The van der Waals surface area contributed by atoms with E-state index in [1.165, 1.54) is 23.2 Å². The van der Waals surface area contributed by atoms with Crippen LogP contribution in [0.25, 0.3) is 0 Å². The van der Waals surface area contributed by atoms with Gasteiger partial charge in [0.05, 0.1) is 36.7 Å². The number of imidazole rings is 1. The van der Waals surface area contributed by atoms with Crippen molar-refractivity contribution in [1.82, 2.24) is 19.4 Å². The molecule has 1 aromatic heterocycles. The van der Waals surface area contributed by atoms with E-state index < -0.39 is 28.1 Å². The van der Waals surface area contributed by atoms with Crippen LogP contribution in [0.3, 0.4) is 0 Å². The van der Waals surface area contributed by atoms with Gasteiger partial charge in [-0.25, -0.2) is 9.78 Å². The molecule has 4 atom stereocenters. The SMILES string of the molecule is C[C@@H]1CCCCO[C@H](CN(C)C(=O)Nc2ccccc2)[C@H](C)CN([C@@H](C)CO)C(=O)c2cc(NS(=O)(=O)c3cn(C)cn3)ccc2O1. The first-order chi connectivity index (χ1) is 22.4. The third-order valence-electron chi connectivity index (χ3n) is 8.09. The highest BCUT2D eigenvalue weighted by Gasteiger charge is 2.31. The Morgan fingerprint density at radius 3 is 2.57 bits per heavy atom. The number of hydrogen-bond donors (Lipinski definition) is 3. The van der Waals surface area contributed by atoms with Gasteiger partial charge >= 0.3 is 6.03 Å². The van der Waals surface area contributed by atoms with Crippen LogP contribution in [0.5, 0.6) is 5.75 Å². The number of hydrogen-bond acceptors (Lipinski definition) is 8. The Labute approximate surface area is 276 Å². The number of carbonyl (C=O) groups excluding carboxylic acids is 2. The summed E-state index contributed by atoms with van der Waals surface area (Å²) in [6, 6.07) is 12.9. The molecule has 4 rings (SSSR count). The van der Waals surface area contributed by atoms with Crippen LogP contribution in [0, 0.1) is 5.92 Å². The highest BCUT2D eigenvalue weighted by Crippen LogP contribution is 2.29. The summed E-state index contributed by atoms with van der Waals surface area (Å²) in [5, 5.41) is 12.9. The van der Waals surface area contributed by atoms with E-state index in [-0.39, 0.29) is 54.0 Å². The fraction of sp³-hybridized carbons (Fsp3) is 0.485. The topological polar surface area (TPSA) is 155 Å². The number of rotatable bonds is 8. The fourth-order valence-electron chi connectivity index (χ4n) is 5.28. The minimum atomic E-state index is -4.03. The Kier molecular flexibility index (Phi) is 12.2. The van der Waals surface area contributed by atoms with Crippen molar-refractivity contribution in [3.63, 3.8) is 0 Å². The van der Waals surface area contributed by atoms with Crippen molar-refractivity contribution in [2.24, 2.45) is 13.0 Å². The fourth-order valence-corrected chi connectivity index (χ4v) is 6.31. The molecule has 0 radical (unpaired) electrons. The molecule has 47 heavy (non-hydrogen) atoms. The van der Waals surface area contributed by atoms with Crippen LogP contribution in [0.1, 0.15) is 50.4 Å². The molecule has 0 saturated heterocycles. The molecule has 0 fully saturated rings. The lowest BCUT2D eigenvalue weighted by Crippen LogP contribution is -2.48. The number of likely N-dealkylation sites (N-methyl/N-ethyl adjacent to an activating group) is 1. The number of benzene rings is 2. The lowest BCUT2D eigenvalue weighted by Gasteiger charge is -2.35. The zero-order valence-electron chi connectivity index (χ0n) is 27.6. The number of amides is 3. The molecule has 14 heteroatoms. The Bertz CT molecular complexity index is 1600. The molecule has 2 heterocycles. The van der Waals surface area contributed by atoms with Crippen LogP contribution in [0.15, 0.2) is 66.1 Å². The first-order valence-electron chi connectivity index (χ1n) is 15.8. The number of para-hydroxylation sites is 1. The van der Waals surface area contributed by atoms with E-state index in [0.717, 1.165) is 12.8 Å². The van der Waals surface area contributed by atoms with Gasteiger partial charge in [0.25, 0.3) is 15.9 Å². The maximum Gasteiger partial charge on any atom is 0.321 e. The third-order valence-corrected chi connectivity index (χ3v) is 9.35. The summed E-state index contributed by atoms with van der Waals surface area (Å²) < 4.78 is 42.7. The highest BCUT2D eigenvalue weighted by molar-refractivity contribution is 7.92. The van der Waals surface area contributed by atoms with Crippen molar-refractivity contribution in [3.05, 3.63) is 66.6 Å². The monoisotopic (exact) mass is 670 g/mol. The van der Waals surface area contributed by atoms with E-state index in [9.17, 15) is 23.1 Å². The molecule has 3 N–H and O–H groups in total. The van der Waals surface area contributed by atoms with E-state index in [2.05, 4.69) is 15.0 Å². The van der Waals surface area contributed by atoms with Gasteiger partial charge in [-0.05, 0) is 63.4 Å². The van der Waals surface area contributed by atoms with Gasteiger partial charge in [-0.2, -0.15) is 8.42 Å². The van der Waals surface area contributed by atoms with Crippen molar-refractivity contribution in [3.8, 4) is 5.75 Å². The molecule has 3 amide bonds. The van der Waals surface area contributed by atoms with Crippen LogP contribution in [-0.4, -0.2) is 96.4 Å². The predicted molar refractivity (Wildman–Crippen MR) is 179 cm³/mol. The van der Waals surface area contributed by atoms with E-state index in [4.69, 9.17) is 9.47 Å². The molecule has 3 aromatic rings. The van der Waals surface area contributed by atoms with Gasteiger partial charge in [-0.15, -0.1) is 0 Å². The van der Waals surface area contributed by atoms with Gasteiger partial charge in [-0.3, -0.25) is 9.52 Å². The van der Waals surface area contributed by atoms with Crippen molar-refractivity contribution in [2.75, 3.05) is 43.4 Å². The minimum Gasteiger partial charge on any atom is -0.490 e. The molecule has 0 spiro atoms. The van der Waals surface area contributed by atoms with Gasteiger partial charge in [0.2, 0.25) is 0 Å². The number of aromatic nitrogens is 2. The van der Waals surface area contributed by atoms with Crippen molar-refractivity contribution in [2.45, 2.75) is 63.3 Å². The molecule has 2 aromatic carbocycles. The van der Waals surface area contributed by atoms with Crippen LogP contribution < -0.4 is 14.8 Å². The van der Waals surface area contributed by atoms with Gasteiger partial charge in [0, 0.05) is 57.3 Å². The molecule has 0 bridgehead atoms. The summed E-state index contributed by atoms with van der Waals surface area (Å²) in [6.07, 6.45) is 4.38. The number of aliphatic hydroxyl groups is 1. The van der Waals surface area contributed by atoms with Crippen molar-refractivity contribution in [1.29, 1.82) is 0 Å². The standard InChI is InChI=1S/C33H46N6O7S/c1-23-18-39(24(2)21-40)32(41)28-17-27(36-47(43,44)31-20-37(4)22-34-31)14-15-29(28)46-25(3)11-9-10-16-45-30(23)19-38(5)33(42)35-26-12-7-6-8-13-26/h6-8,12-15,17,20,22-25,30,36,40H,9-11,16,18-19,21H2,1-5H3,(H,35,42)/t23-,24+,25-,30-/m1/s1. The summed E-state index contributed by atoms with van der Waals surface area (Å²) in [5.41, 5.74) is 0.992. The lowest BCUT2D eigenvalue weighted by atomic mass is 10.0. The molecule has 13 nitrogen and oxygen atoms in total. The Hall–Kier alpha value is -4.14. The van der Waals surface area contributed by atoms with E-state index >= 15 is 0 Å². The van der Waals surface area contributed by atoms with E-state index in [0.29, 0.717) is 24.5 Å². The molecular weight excluding hydrogens is 624 g/mol. The zero-order chi connectivity index (χ0) is 34.1. The molecule has 1 aliphatic heterocycles. The molecule has 0 aliphatic carbocycles. The number of fused-ring (bicyclic) bond motifs is 1. The highest BCUT2D eigenvalue weighted by atomic mass is 32.2. The summed E-state index contributed by atoms with van der Waals surface area (Å²) in [4.78, 5) is 34.4. The Balaban J connectivity index is 1.62. The number of anilines is 2. The largest absolute Gasteiger partial charge is 0.490 e. The quantitative estimate of drug-likeness (QED) is 0.323. The second kappa shape index (κ2) is 16.1. The molecule has 0 unspecified atom stereocenters. The van der Waals surface area contributed by atoms with Crippen molar-refractivity contribution < 1.29 is 32.6 Å². The third kappa shape index (κ3) is 9.69. The molecular formula is C33H46N6O7S. The van der Waals surface area contributed by atoms with E-state index in [1.54, 1.807) is 43.0 Å². The number of ether oxygens (including phenoxy) is 2. The van der Waals surface area contributed by atoms with Gasteiger partial charge in [-0.1, -0.05) is 25.1 Å². The molecule has 256 valence electrons. The maximum absolute atomic E-state index is 14.3. The van der Waals surface area contributed by atoms with Gasteiger partial charge < -0.3 is 34.3 Å². The van der Waals surface area contributed by atoms with Gasteiger partial charge in [0.15, 0.2) is 5.03 Å². The lowest BCUT2D eigenvalue weighted by molar-refractivity contribution is -0.0115. The van der Waals surface area contributed by atoms with Crippen LogP contribution in [0.4, 0.5) is 16.2 Å². The second-order valence-corrected chi connectivity index (χ2v) is 13.8. The number of aliphatic hydroxyl groups excluding tert-OH is 1. The summed E-state index contributed by atoms with van der Waals surface area (Å²) in [7, 11) is -0.664. The first kappa shape index (κ1) is 35.7. The average molecular weight is 671 g/mol. The Morgan fingerprint density at radius 1 is 1.15 bits per heavy atom. The Morgan fingerprint density at radius 2 is 1.89 bits per heavy atom.